The molecule has 0 amide bonds. The second kappa shape index (κ2) is 5.77. The van der Waals surface area contributed by atoms with Crippen molar-refractivity contribution in [1.29, 1.82) is 0 Å². The van der Waals surface area contributed by atoms with E-state index in [0.29, 0.717) is 5.75 Å². The van der Waals surface area contributed by atoms with E-state index in [1.54, 1.807) is 0 Å². The quantitative estimate of drug-likeness (QED) is 0.848. The summed E-state index contributed by atoms with van der Waals surface area (Å²) in [6.45, 7) is -0.0220. The van der Waals surface area contributed by atoms with Gasteiger partial charge in [-0.15, -0.1) is 0 Å². The number of thioether (sulfide) groups is 1. The maximum absolute atomic E-state index is 11.5. The minimum atomic E-state index is -0.736. The van der Waals surface area contributed by atoms with E-state index in [2.05, 4.69) is 5.10 Å². The molecule has 5 nitrogen and oxygen atoms in total. The molecule has 1 aromatic heterocycles. The van der Waals surface area contributed by atoms with Crippen LogP contribution in [-0.2, 0) is 6.54 Å². The minimum absolute atomic E-state index is 0.0220. The first-order valence-corrected chi connectivity index (χ1v) is 6.47. The Kier molecular flexibility index (Phi) is 4.91. The van der Waals surface area contributed by atoms with Crippen molar-refractivity contribution in [1.82, 2.24) is 9.78 Å². The van der Waals surface area contributed by atoms with Crippen molar-refractivity contribution in [2.75, 3.05) is 12.0 Å². The summed E-state index contributed by atoms with van der Waals surface area (Å²) in [4.78, 5) is 22.8. The molecule has 1 atom stereocenters. The zero-order valence-electron chi connectivity index (χ0n) is 8.37. The fraction of sp³-hybridized carbons (Fsp3) is 0.500. The van der Waals surface area contributed by atoms with Gasteiger partial charge in [0, 0.05) is 5.75 Å². The Hall–Kier alpha value is -0.430. The first kappa shape index (κ1) is 13.6. The molecule has 0 saturated heterocycles. The van der Waals surface area contributed by atoms with Gasteiger partial charge in [0.2, 0.25) is 0 Å². The number of aliphatic hydroxyl groups excluding tert-OH is 1. The van der Waals surface area contributed by atoms with E-state index in [-0.39, 0.29) is 16.6 Å². The Morgan fingerprint density at radius 3 is 2.62 bits per heavy atom. The van der Waals surface area contributed by atoms with Crippen LogP contribution in [-0.4, -0.2) is 33.0 Å². The maximum Gasteiger partial charge on any atom is 0.285 e. The molecule has 0 fully saturated rings. The number of hydrogen-bond donors (Lipinski definition) is 2. The first-order valence-electron chi connectivity index (χ1n) is 4.32. The van der Waals surface area contributed by atoms with E-state index in [1.165, 1.54) is 11.8 Å². The lowest BCUT2D eigenvalue weighted by Gasteiger charge is -2.11. The molecule has 0 radical (unpaired) electrons. The lowest BCUT2D eigenvalue weighted by molar-refractivity contribution is 0.170. The van der Waals surface area contributed by atoms with Gasteiger partial charge in [0.15, 0.2) is 0 Å². The van der Waals surface area contributed by atoms with Gasteiger partial charge < -0.3 is 5.11 Å². The van der Waals surface area contributed by atoms with Crippen molar-refractivity contribution in [3.8, 4) is 0 Å². The zero-order chi connectivity index (χ0) is 12.3. The highest BCUT2D eigenvalue weighted by atomic mass is 35.5. The lowest BCUT2D eigenvalue weighted by atomic mass is 10.4. The third-order valence-corrected chi connectivity index (χ3v) is 3.34. The predicted octanol–water partition coefficient (Wildman–Crippen LogP) is 0.567. The van der Waals surface area contributed by atoms with Gasteiger partial charge in [-0.3, -0.25) is 14.7 Å². The lowest BCUT2D eigenvalue weighted by Crippen LogP contribution is -2.34. The van der Waals surface area contributed by atoms with Crippen LogP contribution >= 0.6 is 35.0 Å². The standard InChI is InChI=1S/C8H10Cl2N2O3S/c1-16-3-4(13)2-12-8(15)6(10)5(9)7(14)11-12/h4,13H,2-3H2,1H3,(H,11,14)/t4-/m1/s1. The summed E-state index contributed by atoms with van der Waals surface area (Å²) >= 11 is 12.5. The highest BCUT2D eigenvalue weighted by Crippen LogP contribution is 2.10. The number of hydrogen-bond acceptors (Lipinski definition) is 4. The molecular formula is C8H10Cl2N2O3S. The minimum Gasteiger partial charge on any atom is -0.390 e. The summed E-state index contributed by atoms with van der Waals surface area (Å²) in [7, 11) is 0. The van der Waals surface area contributed by atoms with E-state index in [9.17, 15) is 14.7 Å². The second-order valence-electron chi connectivity index (χ2n) is 3.09. The van der Waals surface area contributed by atoms with Crippen LogP contribution in [0.1, 0.15) is 0 Å². The molecule has 0 aliphatic rings. The molecule has 0 unspecified atom stereocenters. The number of nitrogens with zero attached hydrogens (tertiary/aromatic N) is 1. The Morgan fingerprint density at radius 2 is 2.06 bits per heavy atom. The van der Waals surface area contributed by atoms with Gasteiger partial charge in [-0.1, -0.05) is 23.2 Å². The number of halogens is 2. The van der Waals surface area contributed by atoms with Crippen molar-refractivity contribution in [2.45, 2.75) is 12.6 Å². The second-order valence-corrected chi connectivity index (χ2v) is 4.76. The molecule has 1 heterocycles. The van der Waals surface area contributed by atoms with Crippen LogP contribution in [0.3, 0.4) is 0 Å². The van der Waals surface area contributed by atoms with Crippen molar-refractivity contribution in [2.24, 2.45) is 0 Å². The summed E-state index contributed by atoms with van der Waals surface area (Å²) < 4.78 is 0.956. The van der Waals surface area contributed by atoms with Crippen LogP contribution in [0.2, 0.25) is 10.0 Å². The predicted molar refractivity (Wildman–Crippen MR) is 65.7 cm³/mol. The summed E-state index contributed by atoms with van der Waals surface area (Å²) in [5.74, 6) is 0.453. The van der Waals surface area contributed by atoms with E-state index in [1.807, 2.05) is 6.26 Å². The van der Waals surface area contributed by atoms with Crippen LogP contribution in [0.4, 0.5) is 0 Å². The number of aromatic nitrogens is 2. The van der Waals surface area contributed by atoms with E-state index >= 15 is 0 Å². The van der Waals surface area contributed by atoms with Crippen LogP contribution in [0.15, 0.2) is 9.59 Å². The fourth-order valence-electron chi connectivity index (χ4n) is 1.12. The third kappa shape index (κ3) is 3.04. The van der Waals surface area contributed by atoms with Crippen molar-refractivity contribution < 1.29 is 5.11 Å². The largest absolute Gasteiger partial charge is 0.390 e. The van der Waals surface area contributed by atoms with Gasteiger partial charge >= 0.3 is 0 Å². The highest BCUT2D eigenvalue weighted by molar-refractivity contribution is 7.98. The molecule has 8 heteroatoms. The van der Waals surface area contributed by atoms with E-state index in [4.69, 9.17) is 23.2 Å². The SMILES string of the molecule is CSC[C@H](O)Cn1[nH]c(=O)c(Cl)c(Cl)c1=O. The Bertz CT molecular complexity index is 485. The van der Waals surface area contributed by atoms with Gasteiger partial charge in [0.25, 0.3) is 11.1 Å². The average Bonchev–Trinajstić information content (AvgIpc) is 2.23. The topological polar surface area (TPSA) is 75.1 Å². The molecule has 0 saturated carbocycles. The first-order chi connectivity index (χ1) is 7.47. The number of aromatic amines is 1. The summed E-state index contributed by atoms with van der Waals surface area (Å²) in [6.07, 6.45) is 1.09. The molecule has 0 aliphatic carbocycles. The molecule has 0 spiro atoms. The monoisotopic (exact) mass is 284 g/mol. The molecule has 0 aliphatic heterocycles. The van der Waals surface area contributed by atoms with Crippen LogP contribution in [0, 0.1) is 0 Å². The smallest absolute Gasteiger partial charge is 0.285 e. The maximum atomic E-state index is 11.5. The van der Waals surface area contributed by atoms with Crippen LogP contribution in [0.25, 0.3) is 0 Å². The fourth-order valence-corrected chi connectivity index (χ4v) is 1.92. The number of rotatable bonds is 4. The summed E-state index contributed by atoms with van der Waals surface area (Å²) in [6, 6.07) is 0. The van der Waals surface area contributed by atoms with Crippen LogP contribution < -0.4 is 11.1 Å². The zero-order valence-corrected chi connectivity index (χ0v) is 10.7. The van der Waals surface area contributed by atoms with Crippen LogP contribution in [0.5, 0.6) is 0 Å². The van der Waals surface area contributed by atoms with Gasteiger partial charge in [0.1, 0.15) is 10.0 Å². The third-order valence-electron chi connectivity index (χ3n) is 1.81. The molecule has 0 aromatic carbocycles. The number of H-pyrrole nitrogens is 1. The van der Waals surface area contributed by atoms with E-state index in [0.717, 1.165) is 4.68 Å². The van der Waals surface area contributed by atoms with Gasteiger partial charge in [-0.2, -0.15) is 11.8 Å². The average molecular weight is 285 g/mol. The molecule has 1 rings (SSSR count). The normalized spacial score (nSPS) is 12.8. The molecule has 16 heavy (non-hydrogen) atoms. The van der Waals surface area contributed by atoms with Gasteiger partial charge in [-0.05, 0) is 6.26 Å². The van der Waals surface area contributed by atoms with Crippen molar-refractivity contribution in [3.05, 3.63) is 30.8 Å². The molecule has 0 bridgehead atoms. The Morgan fingerprint density at radius 1 is 1.44 bits per heavy atom. The van der Waals surface area contributed by atoms with Gasteiger partial charge in [0.05, 0.1) is 12.6 Å². The van der Waals surface area contributed by atoms with Crippen molar-refractivity contribution >= 4 is 35.0 Å². The highest BCUT2D eigenvalue weighted by Gasteiger charge is 2.13. The Balaban J connectivity index is 3.07. The molecular weight excluding hydrogens is 275 g/mol. The van der Waals surface area contributed by atoms with Gasteiger partial charge in [-0.25, -0.2) is 4.68 Å². The molecule has 90 valence electrons. The molecule has 1 aromatic rings. The van der Waals surface area contributed by atoms with E-state index < -0.39 is 17.2 Å². The van der Waals surface area contributed by atoms with Crippen molar-refractivity contribution in [3.63, 3.8) is 0 Å². The number of nitrogens with one attached hydrogen (secondary N) is 1. The Labute approximate surface area is 105 Å². The summed E-state index contributed by atoms with van der Waals surface area (Å²) in [5, 5.41) is 11.1. The number of aliphatic hydroxyl groups is 1. The summed E-state index contributed by atoms with van der Waals surface area (Å²) in [5.41, 5.74) is -1.27. The molecule has 2 N–H and O–H groups in total.